The van der Waals surface area contributed by atoms with Gasteiger partial charge in [-0.2, -0.15) is 0 Å². The van der Waals surface area contributed by atoms with Gasteiger partial charge in [-0.15, -0.1) is 11.8 Å². The quantitative estimate of drug-likeness (QED) is 0.559. The van der Waals surface area contributed by atoms with Gasteiger partial charge in [0.05, 0.1) is 11.4 Å². The van der Waals surface area contributed by atoms with Crippen LogP contribution in [0.25, 0.3) is 0 Å². The van der Waals surface area contributed by atoms with Crippen molar-refractivity contribution in [2.75, 3.05) is 16.0 Å². The van der Waals surface area contributed by atoms with Gasteiger partial charge in [-0.3, -0.25) is 14.5 Å². The lowest BCUT2D eigenvalue weighted by molar-refractivity contribution is -0.116. The summed E-state index contributed by atoms with van der Waals surface area (Å²) >= 11 is 1.45. The second kappa shape index (κ2) is 9.35. The first-order valence-electron chi connectivity index (χ1n) is 10.1. The van der Waals surface area contributed by atoms with Crippen molar-refractivity contribution in [2.24, 2.45) is 0 Å². The van der Waals surface area contributed by atoms with E-state index >= 15 is 0 Å². The number of carbonyl (C=O) groups is 2. The van der Waals surface area contributed by atoms with Crippen LogP contribution in [0.4, 0.5) is 15.8 Å². The molecule has 4 rings (SSSR count). The Balaban J connectivity index is 1.50. The molecule has 6 heteroatoms. The molecule has 1 atom stereocenters. The Morgan fingerprint density at radius 2 is 1.90 bits per heavy atom. The molecule has 158 valence electrons. The molecule has 3 aromatic carbocycles. The van der Waals surface area contributed by atoms with E-state index in [4.69, 9.17) is 0 Å². The third kappa shape index (κ3) is 4.97. The number of thioether (sulfide) groups is 1. The number of amides is 2. The number of nitrogens with zero attached hydrogens (tertiary/aromatic N) is 1. The molecule has 1 heterocycles. The SMILES string of the molecule is Cc1ccc(F)c(N2C(=O)CSC2c2cccc(NC(=O)CCc3ccccc3)c2)c1. The summed E-state index contributed by atoms with van der Waals surface area (Å²) in [4.78, 5) is 26.5. The maximum atomic E-state index is 14.5. The first kappa shape index (κ1) is 21.1. The molecule has 0 saturated carbocycles. The third-order valence-corrected chi connectivity index (χ3v) is 6.38. The molecule has 0 aliphatic carbocycles. The summed E-state index contributed by atoms with van der Waals surface area (Å²) in [5, 5.41) is 2.59. The minimum atomic E-state index is -0.420. The van der Waals surface area contributed by atoms with E-state index in [0.29, 0.717) is 18.5 Å². The summed E-state index contributed by atoms with van der Waals surface area (Å²) in [6.07, 6.45) is 1.05. The lowest BCUT2D eigenvalue weighted by Crippen LogP contribution is -2.28. The second-order valence-electron chi connectivity index (χ2n) is 7.54. The van der Waals surface area contributed by atoms with Gasteiger partial charge in [0.1, 0.15) is 11.2 Å². The Morgan fingerprint density at radius 1 is 1.10 bits per heavy atom. The van der Waals surface area contributed by atoms with Crippen molar-refractivity contribution in [1.29, 1.82) is 0 Å². The van der Waals surface area contributed by atoms with Gasteiger partial charge in [-0.1, -0.05) is 48.5 Å². The summed E-state index contributed by atoms with van der Waals surface area (Å²) in [5.41, 5.74) is 3.80. The van der Waals surface area contributed by atoms with E-state index in [1.54, 1.807) is 12.1 Å². The molecule has 1 saturated heterocycles. The number of nitrogens with one attached hydrogen (secondary N) is 1. The lowest BCUT2D eigenvalue weighted by Gasteiger charge is -2.25. The Bertz CT molecular complexity index is 1100. The molecular formula is C25H23FN2O2S. The van der Waals surface area contributed by atoms with Gasteiger partial charge in [-0.25, -0.2) is 4.39 Å². The molecule has 1 aliphatic heterocycles. The van der Waals surface area contributed by atoms with Crippen molar-refractivity contribution in [3.63, 3.8) is 0 Å². The highest BCUT2D eigenvalue weighted by Crippen LogP contribution is 2.43. The van der Waals surface area contributed by atoms with Crippen LogP contribution in [0, 0.1) is 12.7 Å². The van der Waals surface area contributed by atoms with Crippen molar-refractivity contribution in [2.45, 2.75) is 25.1 Å². The standard InChI is InChI=1S/C25H23FN2O2S/c1-17-10-12-21(26)22(14-17)28-24(30)16-31-25(28)19-8-5-9-20(15-19)27-23(29)13-11-18-6-3-2-4-7-18/h2-10,12,14-15,25H,11,13,16H2,1H3,(H,27,29). The zero-order valence-electron chi connectivity index (χ0n) is 17.2. The largest absolute Gasteiger partial charge is 0.326 e. The van der Waals surface area contributed by atoms with Crippen LogP contribution in [0.1, 0.15) is 28.5 Å². The fraction of sp³-hybridized carbons (Fsp3) is 0.200. The smallest absolute Gasteiger partial charge is 0.238 e. The summed E-state index contributed by atoms with van der Waals surface area (Å²) in [6.45, 7) is 1.87. The zero-order valence-corrected chi connectivity index (χ0v) is 18.0. The summed E-state index contributed by atoms with van der Waals surface area (Å²) in [6, 6.07) is 22.1. The van der Waals surface area contributed by atoms with E-state index in [1.807, 2.05) is 61.5 Å². The van der Waals surface area contributed by atoms with Gasteiger partial charge < -0.3 is 5.32 Å². The Labute approximate surface area is 185 Å². The normalized spacial score (nSPS) is 15.9. The van der Waals surface area contributed by atoms with Gasteiger partial charge in [0.15, 0.2) is 0 Å². The maximum absolute atomic E-state index is 14.5. The monoisotopic (exact) mass is 434 g/mol. The summed E-state index contributed by atoms with van der Waals surface area (Å²) in [5.74, 6) is -0.336. The molecule has 1 fully saturated rings. The van der Waals surface area contributed by atoms with Crippen LogP contribution in [0.5, 0.6) is 0 Å². The first-order valence-corrected chi connectivity index (χ1v) is 11.2. The van der Waals surface area contributed by atoms with Crippen molar-refractivity contribution < 1.29 is 14.0 Å². The van der Waals surface area contributed by atoms with Gasteiger partial charge in [0.25, 0.3) is 0 Å². The molecule has 2 amide bonds. The van der Waals surface area contributed by atoms with Crippen LogP contribution >= 0.6 is 11.8 Å². The van der Waals surface area contributed by atoms with Crippen molar-refractivity contribution >= 4 is 35.0 Å². The van der Waals surface area contributed by atoms with E-state index in [-0.39, 0.29) is 28.6 Å². The summed E-state index contributed by atoms with van der Waals surface area (Å²) < 4.78 is 14.5. The van der Waals surface area contributed by atoms with Crippen LogP contribution < -0.4 is 10.2 Å². The Kier molecular flexibility index (Phi) is 6.37. The van der Waals surface area contributed by atoms with E-state index in [0.717, 1.165) is 16.7 Å². The summed E-state index contributed by atoms with van der Waals surface area (Å²) in [7, 11) is 0. The molecule has 4 nitrogen and oxygen atoms in total. The fourth-order valence-corrected chi connectivity index (χ4v) is 4.79. The molecule has 0 radical (unpaired) electrons. The number of aryl methyl sites for hydroxylation is 2. The molecule has 0 spiro atoms. The third-order valence-electron chi connectivity index (χ3n) is 5.17. The molecular weight excluding hydrogens is 411 g/mol. The highest BCUT2D eigenvalue weighted by molar-refractivity contribution is 8.00. The number of hydrogen-bond acceptors (Lipinski definition) is 3. The number of anilines is 2. The van der Waals surface area contributed by atoms with Crippen LogP contribution in [0.3, 0.4) is 0 Å². The van der Waals surface area contributed by atoms with Gasteiger partial charge in [0, 0.05) is 12.1 Å². The van der Waals surface area contributed by atoms with E-state index < -0.39 is 5.82 Å². The van der Waals surface area contributed by atoms with Crippen molar-refractivity contribution in [3.05, 3.63) is 95.3 Å². The number of carbonyl (C=O) groups excluding carboxylic acids is 2. The van der Waals surface area contributed by atoms with Crippen molar-refractivity contribution in [3.8, 4) is 0 Å². The zero-order chi connectivity index (χ0) is 21.8. The molecule has 3 aromatic rings. The topological polar surface area (TPSA) is 49.4 Å². The van der Waals surface area contributed by atoms with Gasteiger partial charge in [-0.05, 0) is 54.3 Å². The van der Waals surface area contributed by atoms with Crippen LogP contribution in [-0.4, -0.2) is 17.6 Å². The highest BCUT2D eigenvalue weighted by Gasteiger charge is 2.35. The highest BCUT2D eigenvalue weighted by atomic mass is 32.2. The Hall–Kier alpha value is -3.12. The minimum absolute atomic E-state index is 0.0715. The predicted octanol–water partition coefficient (Wildman–Crippen LogP) is 5.48. The molecule has 1 N–H and O–H groups in total. The maximum Gasteiger partial charge on any atom is 0.238 e. The van der Waals surface area contributed by atoms with Crippen LogP contribution in [-0.2, 0) is 16.0 Å². The van der Waals surface area contributed by atoms with Gasteiger partial charge in [0.2, 0.25) is 11.8 Å². The molecule has 1 aliphatic rings. The van der Waals surface area contributed by atoms with E-state index in [2.05, 4.69) is 5.32 Å². The number of hydrogen-bond donors (Lipinski definition) is 1. The molecule has 31 heavy (non-hydrogen) atoms. The molecule has 0 bridgehead atoms. The van der Waals surface area contributed by atoms with Crippen LogP contribution in [0.2, 0.25) is 0 Å². The molecule has 1 unspecified atom stereocenters. The number of benzene rings is 3. The second-order valence-corrected chi connectivity index (χ2v) is 8.61. The van der Waals surface area contributed by atoms with E-state index in [9.17, 15) is 14.0 Å². The average molecular weight is 435 g/mol. The van der Waals surface area contributed by atoms with Crippen LogP contribution in [0.15, 0.2) is 72.8 Å². The molecule has 0 aromatic heterocycles. The van der Waals surface area contributed by atoms with Gasteiger partial charge >= 0.3 is 0 Å². The number of rotatable bonds is 6. The Morgan fingerprint density at radius 3 is 2.71 bits per heavy atom. The fourth-order valence-electron chi connectivity index (χ4n) is 3.63. The first-order chi connectivity index (χ1) is 15.0. The predicted molar refractivity (Wildman–Crippen MR) is 124 cm³/mol. The minimum Gasteiger partial charge on any atom is -0.326 e. The average Bonchev–Trinajstić information content (AvgIpc) is 3.16. The van der Waals surface area contributed by atoms with E-state index in [1.165, 1.54) is 22.7 Å². The number of halogens is 1. The van der Waals surface area contributed by atoms with Crippen molar-refractivity contribution in [1.82, 2.24) is 0 Å². The lowest BCUT2D eigenvalue weighted by atomic mass is 10.1.